The second kappa shape index (κ2) is 8.28. The molecule has 3 nitrogen and oxygen atoms in total. The van der Waals surface area contributed by atoms with Crippen molar-refractivity contribution in [2.45, 2.75) is 33.2 Å². The summed E-state index contributed by atoms with van der Waals surface area (Å²) in [6.07, 6.45) is 0.972. The summed E-state index contributed by atoms with van der Waals surface area (Å²) in [7, 11) is 1.71. The Labute approximate surface area is 121 Å². The molecule has 4 heteroatoms. The Balaban J connectivity index is 2.71. The zero-order chi connectivity index (χ0) is 14.3. The minimum atomic E-state index is 0.267. The highest BCUT2D eigenvalue weighted by molar-refractivity contribution is 6.32. The molecule has 108 valence electrons. The van der Waals surface area contributed by atoms with Gasteiger partial charge in [0, 0.05) is 12.8 Å². The lowest BCUT2D eigenvalue weighted by atomic mass is 10.1. The predicted molar refractivity (Wildman–Crippen MR) is 81.4 cm³/mol. The molecule has 0 amide bonds. The Hall–Kier alpha value is -0.930. The normalized spacial score (nSPS) is 12.5. The molecular formula is C15H24ClNO2. The first-order chi connectivity index (χ1) is 9.08. The Bertz CT molecular complexity index is 382. The number of hydrogen-bond acceptors (Lipinski definition) is 3. The molecule has 1 aromatic rings. The van der Waals surface area contributed by atoms with E-state index in [1.165, 1.54) is 0 Å². The van der Waals surface area contributed by atoms with Crippen LogP contribution in [0.5, 0.6) is 5.75 Å². The van der Waals surface area contributed by atoms with Crippen LogP contribution in [0, 0.1) is 5.92 Å². The van der Waals surface area contributed by atoms with Crippen molar-refractivity contribution < 1.29 is 9.47 Å². The fourth-order valence-electron chi connectivity index (χ4n) is 1.71. The van der Waals surface area contributed by atoms with Crippen molar-refractivity contribution in [1.82, 2.24) is 0 Å². The Morgan fingerprint density at radius 1 is 1.32 bits per heavy atom. The average molecular weight is 286 g/mol. The number of halogens is 1. The molecule has 0 spiro atoms. The number of nitrogens with one attached hydrogen (secondary N) is 1. The fraction of sp³-hybridized carbons (Fsp3) is 0.600. The van der Waals surface area contributed by atoms with E-state index in [9.17, 15) is 0 Å². The van der Waals surface area contributed by atoms with Crippen LogP contribution < -0.4 is 10.1 Å². The van der Waals surface area contributed by atoms with E-state index < -0.39 is 0 Å². The summed E-state index contributed by atoms with van der Waals surface area (Å²) in [5.41, 5.74) is 0.990. The van der Waals surface area contributed by atoms with Gasteiger partial charge >= 0.3 is 0 Å². The second-order valence-electron chi connectivity index (χ2n) is 4.94. The largest absolute Gasteiger partial charge is 0.492 e. The molecule has 0 fully saturated rings. The second-order valence-corrected chi connectivity index (χ2v) is 5.35. The smallest absolute Gasteiger partial charge is 0.138 e. The Morgan fingerprint density at radius 3 is 2.58 bits per heavy atom. The van der Waals surface area contributed by atoms with Gasteiger partial charge in [0.25, 0.3) is 0 Å². The van der Waals surface area contributed by atoms with Gasteiger partial charge < -0.3 is 14.8 Å². The van der Waals surface area contributed by atoms with Gasteiger partial charge in [-0.3, -0.25) is 0 Å². The van der Waals surface area contributed by atoms with Gasteiger partial charge in [0.1, 0.15) is 5.75 Å². The third kappa shape index (κ3) is 5.29. The molecule has 0 heterocycles. The zero-order valence-corrected chi connectivity index (χ0v) is 13.0. The molecule has 1 rings (SSSR count). The van der Waals surface area contributed by atoms with Crippen LogP contribution in [0.25, 0.3) is 0 Å². The summed E-state index contributed by atoms with van der Waals surface area (Å²) in [6, 6.07) is 6.06. The number of methoxy groups -OCH3 is 1. The maximum atomic E-state index is 6.21. The molecule has 0 radical (unpaired) electrons. The molecule has 0 saturated carbocycles. The quantitative estimate of drug-likeness (QED) is 0.776. The Kier molecular flexibility index (Phi) is 7.03. The third-order valence-electron chi connectivity index (χ3n) is 2.90. The minimum Gasteiger partial charge on any atom is -0.492 e. The van der Waals surface area contributed by atoms with E-state index in [1.54, 1.807) is 7.11 Å². The fourth-order valence-corrected chi connectivity index (χ4v) is 1.95. The summed E-state index contributed by atoms with van der Waals surface area (Å²) in [4.78, 5) is 0. The van der Waals surface area contributed by atoms with Crippen LogP contribution in [0.1, 0.15) is 27.2 Å². The van der Waals surface area contributed by atoms with E-state index in [0.717, 1.165) is 17.9 Å². The number of rotatable bonds is 8. The lowest BCUT2D eigenvalue weighted by molar-refractivity contribution is 0.171. The van der Waals surface area contributed by atoms with Gasteiger partial charge in [-0.05, 0) is 30.5 Å². The maximum absolute atomic E-state index is 6.21. The SMILES string of the molecule is CCCOc1ccc(NC(COC)C(C)C)cc1Cl. The summed E-state index contributed by atoms with van der Waals surface area (Å²) in [5.74, 6) is 1.22. The predicted octanol–water partition coefficient (Wildman–Crippen LogP) is 4.21. The van der Waals surface area contributed by atoms with Crippen molar-refractivity contribution in [3.63, 3.8) is 0 Å². The molecule has 0 aliphatic heterocycles. The monoisotopic (exact) mass is 285 g/mol. The topological polar surface area (TPSA) is 30.5 Å². The summed E-state index contributed by atoms with van der Waals surface area (Å²) >= 11 is 6.21. The van der Waals surface area contributed by atoms with Crippen molar-refractivity contribution in [3.8, 4) is 5.75 Å². The third-order valence-corrected chi connectivity index (χ3v) is 3.19. The van der Waals surface area contributed by atoms with Crippen LogP contribution in [0.2, 0.25) is 5.02 Å². The average Bonchev–Trinajstić information content (AvgIpc) is 2.37. The van der Waals surface area contributed by atoms with Crippen LogP contribution in [0.3, 0.4) is 0 Å². The highest BCUT2D eigenvalue weighted by Gasteiger charge is 2.13. The molecule has 0 aliphatic rings. The van der Waals surface area contributed by atoms with E-state index in [4.69, 9.17) is 21.1 Å². The molecule has 0 saturated heterocycles. The van der Waals surface area contributed by atoms with Crippen molar-refractivity contribution >= 4 is 17.3 Å². The first-order valence-electron chi connectivity index (χ1n) is 6.76. The first-order valence-corrected chi connectivity index (χ1v) is 7.14. The molecule has 1 atom stereocenters. The van der Waals surface area contributed by atoms with Gasteiger partial charge in [0.15, 0.2) is 0 Å². The van der Waals surface area contributed by atoms with Gasteiger partial charge in [-0.1, -0.05) is 32.4 Å². The van der Waals surface area contributed by atoms with Gasteiger partial charge in [-0.25, -0.2) is 0 Å². The number of hydrogen-bond donors (Lipinski definition) is 1. The zero-order valence-electron chi connectivity index (χ0n) is 12.2. The van der Waals surface area contributed by atoms with E-state index >= 15 is 0 Å². The maximum Gasteiger partial charge on any atom is 0.138 e. The Morgan fingerprint density at radius 2 is 2.05 bits per heavy atom. The van der Waals surface area contributed by atoms with Crippen LogP contribution in [0.4, 0.5) is 5.69 Å². The molecule has 0 aliphatic carbocycles. The van der Waals surface area contributed by atoms with Crippen LogP contribution >= 0.6 is 11.6 Å². The van der Waals surface area contributed by atoms with Crippen molar-refractivity contribution in [1.29, 1.82) is 0 Å². The standard InChI is InChI=1S/C15H24ClNO2/c1-5-8-19-15-7-6-12(9-13(15)16)17-14(10-18-4)11(2)3/h6-7,9,11,14,17H,5,8,10H2,1-4H3. The van der Waals surface area contributed by atoms with Crippen LogP contribution in [-0.2, 0) is 4.74 Å². The van der Waals surface area contributed by atoms with Gasteiger partial charge in [-0.15, -0.1) is 0 Å². The number of ether oxygens (including phenoxy) is 2. The number of anilines is 1. The lowest BCUT2D eigenvalue weighted by Gasteiger charge is -2.23. The lowest BCUT2D eigenvalue weighted by Crippen LogP contribution is -2.30. The first kappa shape index (κ1) is 16.1. The molecule has 19 heavy (non-hydrogen) atoms. The van der Waals surface area contributed by atoms with E-state index in [1.807, 2.05) is 18.2 Å². The van der Waals surface area contributed by atoms with Crippen LogP contribution in [-0.4, -0.2) is 26.4 Å². The van der Waals surface area contributed by atoms with Gasteiger partial charge in [0.05, 0.1) is 24.3 Å². The van der Waals surface area contributed by atoms with Crippen molar-refractivity contribution in [3.05, 3.63) is 23.2 Å². The molecule has 0 aromatic heterocycles. The summed E-state index contributed by atoms with van der Waals surface area (Å²) < 4.78 is 10.8. The molecule has 1 unspecified atom stereocenters. The highest BCUT2D eigenvalue weighted by atomic mass is 35.5. The highest BCUT2D eigenvalue weighted by Crippen LogP contribution is 2.28. The molecule has 0 bridgehead atoms. The van der Waals surface area contributed by atoms with Gasteiger partial charge in [-0.2, -0.15) is 0 Å². The van der Waals surface area contributed by atoms with E-state index in [0.29, 0.717) is 24.2 Å². The van der Waals surface area contributed by atoms with E-state index in [-0.39, 0.29) is 6.04 Å². The molecular weight excluding hydrogens is 262 g/mol. The van der Waals surface area contributed by atoms with Crippen molar-refractivity contribution in [2.75, 3.05) is 25.6 Å². The van der Waals surface area contributed by atoms with E-state index in [2.05, 4.69) is 26.1 Å². The summed E-state index contributed by atoms with van der Waals surface area (Å²) in [5, 5.41) is 4.08. The summed E-state index contributed by atoms with van der Waals surface area (Å²) in [6.45, 7) is 7.75. The van der Waals surface area contributed by atoms with Crippen molar-refractivity contribution in [2.24, 2.45) is 5.92 Å². The molecule has 1 N–H and O–H groups in total. The molecule has 1 aromatic carbocycles. The minimum absolute atomic E-state index is 0.267. The van der Waals surface area contributed by atoms with Crippen LogP contribution in [0.15, 0.2) is 18.2 Å². The van der Waals surface area contributed by atoms with Gasteiger partial charge in [0.2, 0.25) is 0 Å². The number of benzene rings is 1.